The van der Waals surface area contributed by atoms with Crippen molar-refractivity contribution in [2.75, 3.05) is 33.0 Å². The summed E-state index contributed by atoms with van der Waals surface area (Å²) in [7, 11) is 0. The molecule has 112 valence electrons. The summed E-state index contributed by atoms with van der Waals surface area (Å²) in [5, 5.41) is 0. The molecule has 0 saturated carbocycles. The van der Waals surface area contributed by atoms with Crippen LogP contribution in [0.15, 0.2) is 24.3 Å². The maximum absolute atomic E-state index is 5.70. The van der Waals surface area contributed by atoms with Crippen LogP contribution < -0.4 is 10.5 Å². The fourth-order valence-corrected chi connectivity index (χ4v) is 2.24. The van der Waals surface area contributed by atoms with Gasteiger partial charge in [0.25, 0.3) is 0 Å². The van der Waals surface area contributed by atoms with E-state index < -0.39 is 0 Å². The predicted molar refractivity (Wildman–Crippen MR) is 78.8 cm³/mol. The average molecular weight is 279 g/mol. The van der Waals surface area contributed by atoms with Gasteiger partial charge in [-0.3, -0.25) is 0 Å². The Balaban J connectivity index is 1.50. The molecule has 0 aliphatic carbocycles. The van der Waals surface area contributed by atoms with Crippen LogP contribution in [0.1, 0.15) is 24.8 Å². The third-order valence-electron chi connectivity index (χ3n) is 3.56. The van der Waals surface area contributed by atoms with Gasteiger partial charge in [-0.2, -0.15) is 0 Å². The summed E-state index contributed by atoms with van der Waals surface area (Å²) >= 11 is 0. The zero-order valence-corrected chi connectivity index (χ0v) is 12.1. The highest BCUT2D eigenvalue weighted by molar-refractivity contribution is 5.26. The quantitative estimate of drug-likeness (QED) is 0.742. The smallest absolute Gasteiger partial charge is 0.119 e. The molecule has 1 saturated heterocycles. The summed E-state index contributed by atoms with van der Waals surface area (Å²) in [5.74, 6) is 1.57. The fraction of sp³-hybridized carbons (Fsp3) is 0.625. The van der Waals surface area contributed by atoms with Gasteiger partial charge >= 0.3 is 0 Å². The summed E-state index contributed by atoms with van der Waals surface area (Å²) in [6, 6.07) is 7.92. The van der Waals surface area contributed by atoms with Gasteiger partial charge in [-0.05, 0) is 36.5 Å². The van der Waals surface area contributed by atoms with E-state index in [1.165, 1.54) is 0 Å². The molecule has 4 heteroatoms. The number of benzene rings is 1. The number of nitrogens with two attached hydrogens (primary N) is 1. The molecular formula is C16H25NO3. The first-order valence-electron chi connectivity index (χ1n) is 7.46. The maximum Gasteiger partial charge on any atom is 0.119 e. The summed E-state index contributed by atoms with van der Waals surface area (Å²) in [5.41, 5.74) is 6.67. The second kappa shape index (κ2) is 8.95. The van der Waals surface area contributed by atoms with Crippen molar-refractivity contribution in [2.45, 2.75) is 25.8 Å². The molecule has 0 unspecified atom stereocenters. The van der Waals surface area contributed by atoms with Gasteiger partial charge in [0.15, 0.2) is 0 Å². The number of hydrogen-bond donors (Lipinski definition) is 1. The molecule has 0 atom stereocenters. The fourth-order valence-electron chi connectivity index (χ4n) is 2.24. The number of hydrogen-bond acceptors (Lipinski definition) is 4. The van der Waals surface area contributed by atoms with E-state index in [0.29, 0.717) is 19.1 Å². The van der Waals surface area contributed by atoms with Gasteiger partial charge in [0.1, 0.15) is 5.75 Å². The van der Waals surface area contributed by atoms with Crippen molar-refractivity contribution in [3.8, 4) is 5.75 Å². The van der Waals surface area contributed by atoms with Crippen LogP contribution in [0.3, 0.4) is 0 Å². The van der Waals surface area contributed by atoms with Crippen LogP contribution >= 0.6 is 0 Å². The molecule has 1 aromatic rings. The van der Waals surface area contributed by atoms with Crippen LogP contribution in [0, 0.1) is 5.92 Å². The molecule has 2 rings (SSSR count). The Labute approximate surface area is 121 Å². The van der Waals surface area contributed by atoms with Gasteiger partial charge in [0, 0.05) is 39.4 Å². The van der Waals surface area contributed by atoms with Crippen LogP contribution in [-0.2, 0) is 16.0 Å². The van der Waals surface area contributed by atoms with Crippen molar-refractivity contribution in [3.05, 3.63) is 29.8 Å². The van der Waals surface area contributed by atoms with Gasteiger partial charge in [-0.15, -0.1) is 0 Å². The van der Waals surface area contributed by atoms with Crippen LogP contribution in [-0.4, -0.2) is 33.0 Å². The van der Waals surface area contributed by atoms with E-state index in [-0.39, 0.29) is 0 Å². The van der Waals surface area contributed by atoms with E-state index in [2.05, 4.69) is 0 Å². The minimum Gasteiger partial charge on any atom is -0.494 e. The highest BCUT2D eigenvalue weighted by Gasteiger charge is 2.13. The van der Waals surface area contributed by atoms with Gasteiger partial charge in [-0.25, -0.2) is 0 Å². The summed E-state index contributed by atoms with van der Waals surface area (Å²) in [6.07, 6.45) is 3.18. The average Bonchev–Trinajstić information content (AvgIpc) is 2.52. The minimum absolute atomic E-state index is 0.570. The molecular weight excluding hydrogens is 254 g/mol. The highest BCUT2D eigenvalue weighted by Crippen LogP contribution is 2.15. The molecule has 0 radical (unpaired) electrons. The third kappa shape index (κ3) is 5.49. The van der Waals surface area contributed by atoms with Crippen LogP contribution in [0.4, 0.5) is 0 Å². The number of ether oxygens (including phenoxy) is 3. The summed E-state index contributed by atoms with van der Waals surface area (Å²) in [6.45, 7) is 4.65. The van der Waals surface area contributed by atoms with Crippen molar-refractivity contribution >= 4 is 0 Å². The van der Waals surface area contributed by atoms with E-state index in [1.807, 2.05) is 24.3 Å². The van der Waals surface area contributed by atoms with Gasteiger partial charge in [-0.1, -0.05) is 12.1 Å². The molecule has 1 aromatic carbocycles. The van der Waals surface area contributed by atoms with Gasteiger partial charge in [0.2, 0.25) is 0 Å². The van der Waals surface area contributed by atoms with Crippen molar-refractivity contribution < 1.29 is 14.2 Å². The van der Waals surface area contributed by atoms with Crippen molar-refractivity contribution in [1.29, 1.82) is 0 Å². The topological polar surface area (TPSA) is 53.7 Å². The summed E-state index contributed by atoms with van der Waals surface area (Å²) < 4.78 is 16.7. The minimum atomic E-state index is 0.570. The van der Waals surface area contributed by atoms with Crippen molar-refractivity contribution in [3.63, 3.8) is 0 Å². The largest absolute Gasteiger partial charge is 0.494 e. The zero-order chi connectivity index (χ0) is 14.0. The first-order chi connectivity index (χ1) is 9.88. The van der Waals surface area contributed by atoms with Crippen LogP contribution in [0.5, 0.6) is 5.75 Å². The first kappa shape index (κ1) is 15.3. The van der Waals surface area contributed by atoms with E-state index in [0.717, 1.165) is 57.0 Å². The molecule has 1 aliphatic rings. The Morgan fingerprint density at radius 3 is 2.55 bits per heavy atom. The lowest BCUT2D eigenvalue weighted by molar-refractivity contribution is 0.0183. The van der Waals surface area contributed by atoms with Crippen molar-refractivity contribution in [2.24, 2.45) is 11.7 Å². The first-order valence-corrected chi connectivity index (χ1v) is 7.46. The molecule has 0 spiro atoms. The van der Waals surface area contributed by atoms with Gasteiger partial charge < -0.3 is 19.9 Å². The van der Waals surface area contributed by atoms with Crippen molar-refractivity contribution in [1.82, 2.24) is 0 Å². The van der Waals surface area contributed by atoms with E-state index in [4.69, 9.17) is 19.9 Å². The second-order valence-corrected chi connectivity index (χ2v) is 5.18. The molecule has 1 aliphatic heterocycles. The van der Waals surface area contributed by atoms with E-state index >= 15 is 0 Å². The lowest BCUT2D eigenvalue weighted by Gasteiger charge is -2.21. The lowest BCUT2D eigenvalue weighted by Crippen LogP contribution is -2.20. The predicted octanol–water partition coefficient (Wildman–Crippen LogP) is 2.36. The lowest BCUT2D eigenvalue weighted by atomic mass is 10.0. The van der Waals surface area contributed by atoms with E-state index in [1.54, 1.807) is 0 Å². The molecule has 0 bridgehead atoms. The monoisotopic (exact) mass is 279 g/mol. The third-order valence-corrected chi connectivity index (χ3v) is 3.56. The molecule has 0 amide bonds. The Bertz CT molecular complexity index is 360. The Morgan fingerprint density at radius 1 is 1.10 bits per heavy atom. The molecule has 20 heavy (non-hydrogen) atoms. The Kier molecular flexibility index (Phi) is 6.84. The molecule has 2 N–H and O–H groups in total. The van der Waals surface area contributed by atoms with Crippen LogP contribution in [0.2, 0.25) is 0 Å². The summed E-state index contributed by atoms with van der Waals surface area (Å²) in [4.78, 5) is 0. The van der Waals surface area contributed by atoms with Crippen LogP contribution in [0.25, 0.3) is 0 Å². The highest BCUT2D eigenvalue weighted by atomic mass is 16.5. The SMILES string of the molecule is NCc1ccc(OCCCOCC2CCOCC2)cc1. The molecule has 1 heterocycles. The zero-order valence-electron chi connectivity index (χ0n) is 12.1. The molecule has 4 nitrogen and oxygen atoms in total. The van der Waals surface area contributed by atoms with E-state index in [9.17, 15) is 0 Å². The Morgan fingerprint density at radius 2 is 1.85 bits per heavy atom. The second-order valence-electron chi connectivity index (χ2n) is 5.18. The van der Waals surface area contributed by atoms with Gasteiger partial charge in [0.05, 0.1) is 6.61 Å². The standard InChI is InChI=1S/C16H25NO3/c17-12-14-2-4-16(5-3-14)20-9-1-8-19-13-15-6-10-18-11-7-15/h2-5,15H,1,6-13,17H2. The number of rotatable bonds is 8. The molecule has 1 fully saturated rings. The molecule has 0 aromatic heterocycles. The normalized spacial score (nSPS) is 16.2. The Hall–Kier alpha value is -1.10. The maximum atomic E-state index is 5.70.